The van der Waals surface area contributed by atoms with Gasteiger partial charge in [-0.15, -0.1) is 11.3 Å². The summed E-state index contributed by atoms with van der Waals surface area (Å²) in [5.74, 6) is -0.777. The highest BCUT2D eigenvalue weighted by Crippen LogP contribution is 2.28. The molecule has 0 spiro atoms. The highest BCUT2D eigenvalue weighted by Gasteiger charge is 2.19. The average Bonchev–Trinajstić information content (AvgIpc) is 3.26. The lowest BCUT2D eigenvalue weighted by atomic mass is 10.2. The van der Waals surface area contributed by atoms with Gasteiger partial charge in [0.15, 0.2) is 0 Å². The Kier molecular flexibility index (Phi) is 5.14. The Balaban J connectivity index is 1.73. The van der Waals surface area contributed by atoms with Crippen molar-refractivity contribution in [3.8, 4) is 0 Å². The van der Waals surface area contributed by atoms with E-state index in [1.54, 1.807) is 11.4 Å². The third-order valence-electron chi connectivity index (χ3n) is 3.44. The number of nitrogens with one attached hydrogen (secondary N) is 1. The van der Waals surface area contributed by atoms with E-state index in [2.05, 4.69) is 10.4 Å². The average molecular weight is 408 g/mol. The molecule has 0 bridgehead atoms. The van der Waals surface area contributed by atoms with Gasteiger partial charge in [0, 0.05) is 11.1 Å². The van der Waals surface area contributed by atoms with E-state index in [1.165, 1.54) is 29.1 Å². The van der Waals surface area contributed by atoms with Crippen molar-refractivity contribution in [1.29, 1.82) is 0 Å². The summed E-state index contributed by atoms with van der Waals surface area (Å²) in [5, 5.41) is 29.9. The summed E-state index contributed by atoms with van der Waals surface area (Å²) < 4.78 is 1.38. The topological polar surface area (TPSA) is 133 Å². The SMILES string of the molecule is O=C(Nc1ccc(Cl)cc1[N+](=O)[O-])c1cc(Cn2ccc([N+](=O)[O-])n2)cs1. The van der Waals surface area contributed by atoms with Gasteiger partial charge in [-0.05, 0) is 34.1 Å². The molecule has 0 saturated carbocycles. The first kappa shape index (κ1) is 18.5. The normalized spacial score (nSPS) is 10.6. The summed E-state index contributed by atoms with van der Waals surface area (Å²) in [7, 11) is 0. The standard InChI is InChI=1S/C15H10ClN5O5S/c16-10-1-2-11(12(6-10)20(23)24)17-15(22)13-5-9(8-27-13)7-19-4-3-14(18-19)21(25)26/h1-6,8H,7H2,(H,17,22). The van der Waals surface area contributed by atoms with E-state index in [1.807, 2.05) is 0 Å². The van der Waals surface area contributed by atoms with Crippen molar-refractivity contribution in [3.05, 3.63) is 77.6 Å². The van der Waals surface area contributed by atoms with E-state index in [0.29, 0.717) is 10.4 Å². The molecular formula is C15H10ClN5O5S. The summed E-state index contributed by atoms with van der Waals surface area (Å²) in [6.07, 6.45) is 1.46. The van der Waals surface area contributed by atoms with E-state index in [9.17, 15) is 25.0 Å². The van der Waals surface area contributed by atoms with Crippen LogP contribution in [0.2, 0.25) is 5.02 Å². The third-order valence-corrected chi connectivity index (χ3v) is 4.65. The van der Waals surface area contributed by atoms with Crippen molar-refractivity contribution in [1.82, 2.24) is 9.78 Å². The first-order chi connectivity index (χ1) is 12.8. The van der Waals surface area contributed by atoms with Gasteiger partial charge in [-0.25, -0.2) is 0 Å². The van der Waals surface area contributed by atoms with Crippen LogP contribution in [0.3, 0.4) is 0 Å². The minimum absolute atomic E-state index is 0.0343. The third kappa shape index (κ3) is 4.27. The number of anilines is 1. The van der Waals surface area contributed by atoms with Crippen molar-refractivity contribution in [3.63, 3.8) is 0 Å². The first-order valence-electron chi connectivity index (χ1n) is 7.34. The molecule has 0 aliphatic carbocycles. The van der Waals surface area contributed by atoms with Gasteiger partial charge in [-0.2, -0.15) is 4.68 Å². The van der Waals surface area contributed by atoms with Crippen LogP contribution in [0.25, 0.3) is 0 Å². The molecule has 0 atom stereocenters. The number of halogens is 1. The smallest absolute Gasteiger partial charge is 0.358 e. The Morgan fingerprint density at radius 1 is 1.22 bits per heavy atom. The fraction of sp³-hybridized carbons (Fsp3) is 0.0667. The number of carbonyl (C=O) groups is 1. The van der Waals surface area contributed by atoms with Crippen LogP contribution in [0.4, 0.5) is 17.2 Å². The van der Waals surface area contributed by atoms with Gasteiger partial charge in [-0.1, -0.05) is 11.6 Å². The number of benzene rings is 1. The molecule has 1 aromatic carbocycles. The second-order valence-electron chi connectivity index (χ2n) is 5.32. The Morgan fingerprint density at radius 3 is 2.67 bits per heavy atom. The fourth-order valence-electron chi connectivity index (χ4n) is 2.25. The number of aromatic nitrogens is 2. The molecule has 138 valence electrons. The van der Waals surface area contributed by atoms with Crippen LogP contribution in [0.15, 0.2) is 41.9 Å². The Bertz CT molecular complexity index is 1050. The molecule has 1 amide bonds. The highest BCUT2D eigenvalue weighted by atomic mass is 35.5. The Hall–Kier alpha value is -3.31. The van der Waals surface area contributed by atoms with Crippen LogP contribution < -0.4 is 5.32 Å². The minimum Gasteiger partial charge on any atom is -0.358 e. The summed E-state index contributed by atoms with van der Waals surface area (Å²) in [5.41, 5.74) is 0.442. The van der Waals surface area contributed by atoms with Crippen molar-refractivity contribution < 1.29 is 14.6 Å². The largest absolute Gasteiger partial charge is 0.389 e. The molecule has 10 nitrogen and oxygen atoms in total. The zero-order valence-electron chi connectivity index (χ0n) is 13.4. The molecule has 3 aromatic rings. The number of rotatable bonds is 6. The molecule has 2 aromatic heterocycles. The second-order valence-corrected chi connectivity index (χ2v) is 6.67. The molecule has 27 heavy (non-hydrogen) atoms. The maximum Gasteiger partial charge on any atom is 0.389 e. The fourth-order valence-corrected chi connectivity index (χ4v) is 3.21. The van der Waals surface area contributed by atoms with Crippen LogP contribution in [0.1, 0.15) is 15.2 Å². The summed E-state index contributed by atoms with van der Waals surface area (Å²) in [6.45, 7) is 0.249. The second kappa shape index (κ2) is 7.51. The number of carbonyl (C=O) groups excluding carboxylic acids is 1. The lowest BCUT2D eigenvalue weighted by molar-refractivity contribution is -0.389. The number of hydrogen-bond donors (Lipinski definition) is 1. The molecular weight excluding hydrogens is 398 g/mol. The Labute approximate surface area is 160 Å². The molecule has 0 aliphatic heterocycles. The zero-order valence-corrected chi connectivity index (χ0v) is 14.9. The molecule has 0 radical (unpaired) electrons. The Morgan fingerprint density at radius 2 is 2.00 bits per heavy atom. The lowest BCUT2D eigenvalue weighted by Crippen LogP contribution is -2.11. The van der Waals surface area contributed by atoms with Gasteiger partial charge in [-0.3, -0.25) is 14.9 Å². The van der Waals surface area contributed by atoms with E-state index < -0.39 is 15.8 Å². The first-order valence-corrected chi connectivity index (χ1v) is 8.60. The van der Waals surface area contributed by atoms with Crippen molar-refractivity contribution in [2.24, 2.45) is 0 Å². The van der Waals surface area contributed by atoms with Crippen LogP contribution in [0.5, 0.6) is 0 Å². The molecule has 1 N–H and O–H groups in total. The molecule has 12 heteroatoms. The van der Waals surface area contributed by atoms with E-state index in [0.717, 1.165) is 17.4 Å². The van der Waals surface area contributed by atoms with Gasteiger partial charge in [0.05, 0.1) is 33.7 Å². The number of nitro groups is 2. The lowest BCUT2D eigenvalue weighted by Gasteiger charge is -2.04. The quantitative estimate of drug-likeness (QED) is 0.489. The summed E-state index contributed by atoms with van der Waals surface area (Å²) in [4.78, 5) is 33.2. The van der Waals surface area contributed by atoms with Crippen LogP contribution in [-0.4, -0.2) is 25.5 Å². The minimum atomic E-state index is -0.633. The van der Waals surface area contributed by atoms with Crippen molar-refractivity contribution in [2.45, 2.75) is 6.54 Å². The monoisotopic (exact) mass is 407 g/mol. The maximum atomic E-state index is 12.4. The molecule has 3 rings (SSSR count). The van der Waals surface area contributed by atoms with Crippen molar-refractivity contribution >= 4 is 46.0 Å². The highest BCUT2D eigenvalue weighted by molar-refractivity contribution is 7.12. The number of nitrogens with zero attached hydrogens (tertiary/aromatic N) is 4. The molecule has 0 saturated heterocycles. The van der Waals surface area contributed by atoms with Gasteiger partial charge >= 0.3 is 5.82 Å². The van der Waals surface area contributed by atoms with E-state index >= 15 is 0 Å². The van der Waals surface area contributed by atoms with Gasteiger partial charge < -0.3 is 15.4 Å². The molecule has 2 heterocycles. The number of thiophene rings is 1. The van der Waals surface area contributed by atoms with Crippen molar-refractivity contribution in [2.75, 3.05) is 5.32 Å². The van der Waals surface area contributed by atoms with E-state index in [-0.39, 0.29) is 28.8 Å². The predicted octanol–water partition coefficient (Wildman–Crippen LogP) is 3.72. The van der Waals surface area contributed by atoms with Gasteiger partial charge in [0.2, 0.25) is 0 Å². The molecule has 0 aliphatic rings. The van der Waals surface area contributed by atoms with Crippen LogP contribution >= 0.6 is 22.9 Å². The van der Waals surface area contributed by atoms with Gasteiger partial charge in [0.25, 0.3) is 11.6 Å². The van der Waals surface area contributed by atoms with Crippen LogP contribution in [0, 0.1) is 20.2 Å². The predicted molar refractivity (Wildman–Crippen MR) is 98.4 cm³/mol. The van der Waals surface area contributed by atoms with Gasteiger partial charge in [0.1, 0.15) is 5.69 Å². The zero-order chi connectivity index (χ0) is 19.6. The van der Waals surface area contributed by atoms with Crippen LogP contribution in [-0.2, 0) is 6.54 Å². The number of hydrogen-bond acceptors (Lipinski definition) is 7. The summed E-state index contributed by atoms with van der Waals surface area (Å²) >= 11 is 6.89. The number of nitro benzene ring substituents is 1. The maximum absolute atomic E-state index is 12.4. The molecule has 0 fully saturated rings. The van der Waals surface area contributed by atoms with E-state index in [4.69, 9.17) is 11.6 Å². The number of amides is 1. The molecule has 0 unspecified atom stereocenters. The summed E-state index contributed by atoms with van der Waals surface area (Å²) in [6, 6.07) is 6.82.